The molecule has 1 aliphatic rings. The number of nitrogens with zero attached hydrogens (tertiary/aromatic N) is 7. The van der Waals surface area contributed by atoms with E-state index in [1.54, 1.807) is 36.0 Å². The first-order valence-corrected chi connectivity index (χ1v) is 10.8. The van der Waals surface area contributed by atoms with Crippen LogP contribution in [-0.2, 0) is 6.54 Å². The van der Waals surface area contributed by atoms with E-state index in [2.05, 4.69) is 30.7 Å². The Labute approximate surface area is 188 Å². The molecule has 33 heavy (non-hydrogen) atoms. The lowest BCUT2D eigenvalue weighted by Crippen LogP contribution is -2.26. The quantitative estimate of drug-likeness (QED) is 0.424. The van der Waals surface area contributed by atoms with Gasteiger partial charge in [-0.15, -0.1) is 10.2 Å². The highest BCUT2D eigenvalue weighted by atomic mass is 19.3. The van der Waals surface area contributed by atoms with Crippen molar-refractivity contribution in [3.05, 3.63) is 24.4 Å². The van der Waals surface area contributed by atoms with Crippen LogP contribution in [0.3, 0.4) is 0 Å². The number of fused-ring (bicyclic) bond motifs is 2. The normalized spacial score (nSPS) is 15.6. The monoisotopic (exact) mass is 459 g/mol. The highest BCUT2D eigenvalue weighted by molar-refractivity contribution is 5.89. The van der Waals surface area contributed by atoms with Gasteiger partial charge >= 0.3 is 0 Å². The summed E-state index contributed by atoms with van der Waals surface area (Å²) in [4.78, 5) is 8.62. The van der Waals surface area contributed by atoms with Crippen LogP contribution < -0.4 is 11.1 Å². The van der Waals surface area contributed by atoms with E-state index < -0.39 is 13.0 Å². The van der Waals surface area contributed by atoms with Gasteiger partial charge in [-0.2, -0.15) is 4.98 Å². The zero-order valence-corrected chi connectivity index (χ0v) is 18.5. The minimum Gasteiger partial charge on any atom is -0.390 e. The largest absolute Gasteiger partial charge is 0.390 e. The summed E-state index contributed by atoms with van der Waals surface area (Å²) in [6.07, 6.45) is 4.94. The molecule has 4 aromatic rings. The fraction of sp³-hybridized carbons (Fsp3) is 0.476. The van der Waals surface area contributed by atoms with E-state index in [1.165, 1.54) is 19.3 Å². The second kappa shape index (κ2) is 9.22. The molecule has 0 saturated heterocycles. The minimum absolute atomic E-state index is 0.127. The van der Waals surface area contributed by atoms with Crippen LogP contribution in [0.25, 0.3) is 27.9 Å². The maximum Gasteiger partial charge on any atom is 0.258 e. The Kier molecular flexibility index (Phi) is 6.36. The summed E-state index contributed by atoms with van der Waals surface area (Å²) >= 11 is 0. The number of nitrogens with two attached hydrogens (primary N) is 1. The van der Waals surface area contributed by atoms with Gasteiger partial charge in [0.15, 0.2) is 11.5 Å². The topological polar surface area (TPSA) is 132 Å². The average Bonchev–Trinajstić information content (AvgIpc) is 3.37. The molecule has 1 saturated carbocycles. The van der Waals surface area contributed by atoms with Gasteiger partial charge in [0.25, 0.3) is 6.43 Å². The molecule has 4 aromatic heterocycles. The Morgan fingerprint density at radius 1 is 1.18 bits per heavy atom. The van der Waals surface area contributed by atoms with Gasteiger partial charge < -0.3 is 16.2 Å². The SMILES string of the molecule is CC1(O)CCCCC1.CNc1nc(N)nn2ccc(-c3ccc4nnn(CC(F)F)c4n3)c12. The Morgan fingerprint density at radius 3 is 2.58 bits per heavy atom. The predicted molar refractivity (Wildman–Crippen MR) is 121 cm³/mol. The maximum atomic E-state index is 12.7. The van der Waals surface area contributed by atoms with Crippen LogP contribution in [0.5, 0.6) is 0 Å². The maximum absolute atomic E-state index is 12.7. The van der Waals surface area contributed by atoms with Crippen molar-refractivity contribution >= 4 is 28.4 Å². The molecular formula is C21H27F2N9O. The van der Waals surface area contributed by atoms with Gasteiger partial charge in [-0.05, 0) is 38.0 Å². The van der Waals surface area contributed by atoms with Crippen molar-refractivity contribution in [1.82, 2.24) is 34.6 Å². The van der Waals surface area contributed by atoms with Gasteiger partial charge in [0.1, 0.15) is 17.6 Å². The molecule has 4 heterocycles. The standard InChI is InChI=1S/C14H13F2N9.C7H14O/c1-18-12-11-7(4-5-24(11)22-14(17)20-12)8-2-3-9-13(19-8)25(23-21-9)6-10(15)16;1-7(8)5-3-2-4-6-7/h2-5,10H,6H2,1H3,(H3,17,18,20,22);8H,2-6H2,1H3. The van der Waals surface area contributed by atoms with E-state index in [-0.39, 0.29) is 11.5 Å². The lowest BCUT2D eigenvalue weighted by Gasteiger charge is -2.27. The van der Waals surface area contributed by atoms with Crippen molar-refractivity contribution < 1.29 is 13.9 Å². The fourth-order valence-corrected chi connectivity index (χ4v) is 3.99. The summed E-state index contributed by atoms with van der Waals surface area (Å²) in [5.41, 5.74) is 8.08. The molecule has 10 nitrogen and oxygen atoms in total. The number of rotatable bonds is 4. The van der Waals surface area contributed by atoms with Crippen molar-refractivity contribution in [1.29, 1.82) is 0 Å². The zero-order chi connectivity index (χ0) is 23.6. The Bertz CT molecular complexity index is 1240. The Morgan fingerprint density at radius 2 is 1.94 bits per heavy atom. The first-order valence-electron chi connectivity index (χ1n) is 10.8. The number of alkyl halides is 2. The fourth-order valence-electron chi connectivity index (χ4n) is 3.99. The van der Waals surface area contributed by atoms with E-state index in [0.29, 0.717) is 28.2 Å². The molecule has 1 fully saturated rings. The van der Waals surface area contributed by atoms with Crippen LogP contribution in [0, 0.1) is 0 Å². The number of hydrogen-bond donors (Lipinski definition) is 3. The molecule has 1 aliphatic carbocycles. The summed E-state index contributed by atoms with van der Waals surface area (Å²) < 4.78 is 28.1. The number of pyridine rings is 1. The minimum atomic E-state index is -2.54. The third-order valence-corrected chi connectivity index (χ3v) is 5.64. The molecule has 0 spiro atoms. The molecule has 0 bridgehead atoms. The van der Waals surface area contributed by atoms with E-state index in [9.17, 15) is 13.9 Å². The predicted octanol–water partition coefficient (Wildman–Crippen LogP) is 3.13. The van der Waals surface area contributed by atoms with Crippen LogP contribution in [-0.4, -0.2) is 58.8 Å². The van der Waals surface area contributed by atoms with Gasteiger partial charge in [0.2, 0.25) is 5.95 Å². The molecule has 176 valence electrons. The second-order valence-corrected chi connectivity index (χ2v) is 8.35. The molecule has 4 N–H and O–H groups in total. The number of aliphatic hydroxyl groups is 1. The summed E-state index contributed by atoms with van der Waals surface area (Å²) in [5.74, 6) is 0.662. The van der Waals surface area contributed by atoms with Crippen LogP contribution in [0.4, 0.5) is 20.5 Å². The highest BCUT2D eigenvalue weighted by Crippen LogP contribution is 2.29. The Hall–Kier alpha value is -3.41. The van der Waals surface area contributed by atoms with Crippen LogP contribution >= 0.6 is 0 Å². The third kappa shape index (κ3) is 5.00. The number of nitrogen functional groups attached to an aromatic ring is 1. The van der Waals surface area contributed by atoms with E-state index in [4.69, 9.17) is 5.73 Å². The third-order valence-electron chi connectivity index (χ3n) is 5.64. The van der Waals surface area contributed by atoms with Gasteiger partial charge in [-0.3, -0.25) is 0 Å². The molecule has 0 radical (unpaired) electrons. The molecule has 0 amide bonds. The molecule has 0 aliphatic heterocycles. The second-order valence-electron chi connectivity index (χ2n) is 8.35. The van der Waals surface area contributed by atoms with Gasteiger partial charge in [0.05, 0.1) is 11.3 Å². The van der Waals surface area contributed by atoms with Crippen LogP contribution in [0.15, 0.2) is 24.4 Å². The molecular weight excluding hydrogens is 432 g/mol. The van der Waals surface area contributed by atoms with Crippen molar-refractivity contribution in [2.24, 2.45) is 0 Å². The summed E-state index contributed by atoms with van der Waals surface area (Å²) in [6, 6.07) is 5.24. The van der Waals surface area contributed by atoms with E-state index in [1.807, 2.05) is 6.92 Å². The van der Waals surface area contributed by atoms with Gasteiger partial charge in [-0.25, -0.2) is 23.0 Å². The number of halogens is 2. The summed E-state index contributed by atoms with van der Waals surface area (Å²) in [6.45, 7) is 1.37. The first kappa shape index (κ1) is 22.8. The molecule has 0 atom stereocenters. The van der Waals surface area contributed by atoms with Crippen LogP contribution in [0.1, 0.15) is 39.0 Å². The van der Waals surface area contributed by atoms with Crippen molar-refractivity contribution in [2.45, 2.75) is 57.6 Å². The van der Waals surface area contributed by atoms with Crippen molar-refractivity contribution in [3.8, 4) is 11.3 Å². The smallest absolute Gasteiger partial charge is 0.258 e. The van der Waals surface area contributed by atoms with Crippen molar-refractivity contribution in [3.63, 3.8) is 0 Å². The van der Waals surface area contributed by atoms with Crippen molar-refractivity contribution in [2.75, 3.05) is 18.1 Å². The number of anilines is 2. The Balaban J connectivity index is 0.000000275. The average molecular weight is 460 g/mol. The molecule has 0 unspecified atom stereocenters. The van der Waals surface area contributed by atoms with Gasteiger partial charge in [-0.1, -0.05) is 24.5 Å². The number of hydrogen-bond acceptors (Lipinski definition) is 8. The lowest BCUT2D eigenvalue weighted by atomic mass is 9.87. The first-order chi connectivity index (χ1) is 15.8. The zero-order valence-electron chi connectivity index (χ0n) is 18.5. The number of aromatic nitrogens is 7. The van der Waals surface area contributed by atoms with E-state index >= 15 is 0 Å². The van der Waals surface area contributed by atoms with Gasteiger partial charge in [0, 0.05) is 18.8 Å². The lowest BCUT2D eigenvalue weighted by molar-refractivity contribution is 0.0225. The molecule has 12 heteroatoms. The van der Waals surface area contributed by atoms with E-state index in [0.717, 1.165) is 23.1 Å². The summed E-state index contributed by atoms with van der Waals surface area (Å²) in [5, 5.41) is 24.1. The molecule has 0 aromatic carbocycles. The summed E-state index contributed by atoms with van der Waals surface area (Å²) in [7, 11) is 1.72. The van der Waals surface area contributed by atoms with Crippen LogP contribution in [0.2, 0.25) is 0 Å². The molecule has 5 rings (SSSR count). The number of nitrogens with one attached hydrogen (secondary N) is 1. The highest BCUT2D eigenvalue weighted by Gasteiger charge is 2.22.